The van der Waals surface area contributed by atoms with Crippen molar-refractivity contribution in [3.8, 4) is 5.75 Å². The highest BCUT2D eigenvalue weighted by molar-refractivity contribution is 6.36. The van der Waals surface area contributed by atoms with Crippen LogP contribution in [0.5, 0.6) is 5.75 Å². The lowest BCUT2D eigenvalue weighted by Gasteiger charge is -2.23. The van der Waals surface area contributed by atoms with Crippen LogP contribution >= 0.6 is 23.2 Å². The first kappa shape index (κ1) is 25.1. The van der Waals surface area contributed by atoms with E-state index in [0.29, 0.717) is 18.1 Å². The number of rotatable bonds is 15. The average molecular weight is 430 g/mol. The average Bonchev–Trinajstić information content (AvgIpc) is 2.67. The molecule has 1 amide bonds. The van der Waals surface area contributed by atoms with Crippen LogP contribution in [-0.2, 0) is 0 Å². The number of hydrogen-bond acceptors (Lipinski definition) is 2. The number of amides is 1. The van der Waals surface area contributed by atoms with E-state index in [0.717, 1.165) is 25.7 Å². The SMILES string of the molecule is CCCCCCCCN(CCCCCCCC)C(=O)c1cc(Cl)cc(Cl)c1O. The van der Waals surface area contributed by atoms with E-state index in [1.54, 1.807) is 0 Å². The summed E-state index contributed by atoms with van der Waals surface area (Å²) >= 11 is 12.1. The molecule has 1 aromatic rings. The summed E-state index contributed by atoms with van der Waals surface area (Å²) in [7, 11) is 0. The molecule has 0 atom stereocenters. The fourth-order valence-corrected chi connectivity index (χ4v) is 3.87. The van der Waals surface area contributed by atoms with Gasteiger partial charge in [-0.15, -0.1) is 0 Å². The molecule has 0 unspecified atom stereocenters. The summed E-state index contributed by atoms with van der Waals surface area (Å²) in [5, 5.41) is 10.7. The van der Waals surface area contributed by atoms with E-state index in [2.05, 4.69) is 13.8 Å². The Bertz CT molecular complexity index is 562. The summed E-state index contributed by atoms with van der Waals surface area (Å²) in [5.41, 5.74) is 0.203. The number of carbonyl (C=O) groups is 1. The Balaban J connectivity index is 2.66. The van der Waals surface area contributed by atoms with Crippen LogP contribution in [-0.4, -0.2) is 29.0 Å². The second kappa shape index (κ2) is 15.0. The van der Waals surface area contributed by atoms with Gasteiger partial charge in [-0.25, -0.2) is 0 Å². The van der Waals surface area contributed by atoms with Crippen molar-refractivity contribution < 1.29 is 9.90 Å². The first-order chi connectivity index (χ1) is 13.5. The molecule has 1 aromatic carbocycles. The van der Waals surface area contributed by atoms with Gasteiger partial charge in [0.05, 0.1) is 10.6 Å². The first-order valence-electron chi connectivity index (χ1n) is 11.0. The van der Waals surface area contributed by atoms with Gasteiger partial charge in [-0.1, -0.05) is 101 Å². The van der Waals surface area contributed by atoms with Crippen LogP contribution in [0.3, 0.4) is 0 Å². The summed E-state index contributed by atoms with van der Waals surface area (Å²) in [6, 6.07) is 2.97. The number of benzene rings is 1. The van der Waals surface area contributed by atoms with Crippen LogP contribution < -0.4 is 0 Å². The van der Waals surface area contributed by atoms with Crippen LogP contribution in [0.25, 0.3) is 0 Å². The first-order valence-corrected chi connectivity index (χ1v) is 11.7. The minimum atomic E-state index is -0.177. The predicted octanol–water partition coefficient (Wildman–Crippen LogP) is 7.86. The van der Waals surface area contributed by atoms with E-state index in [9.17, 15) is 9.90 Å². The fraction of sp³-hybridized carbons (Fsp3) is 0.696. The van der Waals surface area contributed by atoms with E-state index in [1.165, 1.54) is 63.5 Å². The molecule has 0 saturated carbocycles. The Labute approximate surface area is 181 Å². The van der Waals surface area contributed by atoms with Crippen molar-refractivity contribution in [1.82, 2.24) is 4.90 Å². The molecule has 0 heterocycles. The van der Waals surface area contributed by atoms with Crippen LogP contribution in [0.1, 0.15) is 101 Å². The van der Waals surface area contributed by atoms with Gasteiger partial charge in [0.2, 0.25) is 0 Å². The molecule has 1 rings (SSSR count). The highest BCUT2D eigenvalue weighted by Crippen LogP contribution is 2.32. The molecule has 0 aliphatic carbocycles. The van der Waals surface area contributed by atoms with E-state index in [4.69, 9.17) is 23.2 Å². The topological polar surface area (TPSA) is 40.5 Å². The number of halogens is 2. The van der Waals surface area contributed by atoms with Gasteiger partial charge in [-0.3, -0.25) is 4.79 Å². The number of nitrogens with zero attached hydrogens (tertiary/aromatic N) is 1. The summed E-state index contributed by atoms with van der Waals surface area (Å²) in [5.74, 6) is -0.351. The molecule has 3 nitrogen and oxygen atoms in total. The van der Waals surface area contributed by atoms with Crippen molar-refractivity contribution in [1.29, 1.82) is 0 Å². The summed E-state index contributed by atoms with van der Waals surface area (Å²) in [6.07, 6.45) is 14.2. The highest BCUT2D eigenvalue weighted by Gasteiger charge is 2.21. The van der Waals surface area contributed by atoms with Crippen LogP contribution in [0.4, 0.5) is 0 Å². The van der Waals surface area contributed by atoms with E-state index >= 15 is 0 Å². The second-order valence-corrected chi connectivity index (χ2v) is 8.46. The van der Waals surface area contributed by atoms with Crippen molar-refractivity contribution in [2.45, 2.75) is 90.9 Å². The maximum atomic E-state index is 13.1. The maximum Gasteiger partial charge on any atom is 0.257 e. The number of aromatic hydroxyl groups is 1. The summed E-state index contributed by atoms with van der Waals surface area (Å²) in [4.78, 5) is 14.9. The van der Waals surface area contributed by atoms with Crippen molar-refractivity contribution >= 4 is 29.1 Å². The lowest BCUT2D eigenvalue weighted by molar-refractivity contribution is 0.0746. The Morgan fingerprint density at radius 1 is 0.821 bits per heavy atom. The zero-order valence-corrected chi connectivity index (χ0v) is 19.1. The van der Waals surface area contributed by atoms with Gasteiger partial charge < -0.3 is 10.0 Å². The lowest BCUT2D eigenvalue weighted by Crippen LogP contribution is -2.33. The third-order valence-corrected chi connectivity index (χ3v) is 5.62. The van der Waals surface area contributed by atoms with Gasteiger partial charge in [-0.05, 0) is 25.0 Å². The molecule has 5 heteroatoms. The lowest BCUT2D eigenvalue weighted by atomic mass is 10.1. The molecular formula is C23H37Cl2NO2. The number of unbranched alkanes of at least 4 members (excludes halogenated alkanes) is 10. The van der Waals surface area contributed by atoms with Crippen LogP contribution in [0.15, 0.2) is 12.1 Å². The molecule has 1 N–H and O–H groups in total. The molecule has 0 aliphatic heterocycles. The second-order valence-electron chi connectivity index (χ2n) is 7.61. The molecule has 0 spiro atoms. The standard InChI is InChI=1S/C23H37Cl2NO2/c1-3-5-7-9-11-13-15-26(16-14-12-10-8-6-4-2)23(28)20-17-19(24)18-21(25)22(20)27/h17-18,27H,3-16H2,1-2H3. The Hall–Kier alpha value is -0.930. The van der Waals surface area contributed by atoms with Crippen molar-refractivity contribution in [3.63, 3.8) is 0 Å². The molecule has 0 aromatic heterocycles. The van der Waals surface area contributed by atoms with Gasteiger partial charge in [-0.2, -0.15) is 0 Å². The summed E-state index contributed by atoms with van der Waals surface area (Å²) < 4.78 is 0. The third-order valence-electron chi connectivity index (χ3n) is 5.11. The zero-order chi connectivity index (χ0) is 20.8. The molecule has 28 heavy (non-hydrogen) atoms. The monoisotopic (exact) mass is 429 g/mol. The molecule has 0 saturated heterocycles. The van der Waals surface area contributed by atoms with E-state index < -0.39 is 0 Å². The minimum Gasteiger partial charge on any atom is -0.506 e. The van der Waals surface area contributed by atoms with E-state index in [-0.39, 0.29) is 22.2 Å². The number of phenols is 1. The molecule has 0 bridgehead atoms. The fourth-order valence-electron chi connectivity index (χ4n) is 3.38. The van der Waals surface area contributed by atoms with Crippen molar-refractivity contribution in [3.05, 3.63) is 27.7 Å². The number of phenolic OH excluding ortho intramolecular Hbond substituents is 1. The smallest absolute Gasteiger partial charge is 0.257 e. The summed E-state index contributed by atoms with van der Waals surface area (Å²) in [6.45, 7) is 5.85. The molecule has 0 radical (unpaired) electrons. The van der Waals surface area contributed by atoms with E-state index in [1.807, 2.05) is 4.90 Å². The van der Waals surface area contributed by atoms with Crippen LogP contribution in [0, 0.1) is 0 Å². The van der Waals surface area contributed by atoms with Crippen molar-refractivity contribution in [2.75, 3.05) is 13.1 Å². The Morgan fingerprint density at radius 2 is 1.29 bits per heavy atom. The molecule has 160 valence electrons. The Kier molecular flexibility index (Phi) is 13.4. The van der Waals surface area contributed by atoms with Gasteiger partial charge in [0, 0.05) is 18.1 Å². The number of hydrogen-bond donors (Lipinski definition) is 1. The maximum absolute atomic E-state index is 13.1. The largest absolute Gasteiger partial charge is 0.506 e. The normalized spacial score (nSPS) is 11.0. The molecule has 0 fully saturated rings. The van der Waals surface area contributed by atoms with Gasteiger partial charge >= 0.3 is 0 Å². The Morgan fingerprint density at radius 3 is 1.79 bits per heavy atom. The number of carbonyl (C=O) groups excluding carboxylic acids is 1. The van der Waals surface area contributed by atoms with Crippen LogP contribution in [0.2, 0.25) is 10.0 Å². The zero-order valence-electron chi connectivity index (χ0n) is 17.6. The quantitative estimate of drug-likeness (QED) is 0.288. The van der Waals surface area contributed by atoms with Gasteiger partial charge in [0.15, 0.2) is 0 Å². The minimum absolute atomic E-state index is 0.120. The van der Waals surface area contributed by atoms with Crippen molar-refractivity contribution in [2.24, 2.45) is 0 Å². The predicted molar refractivity (Wildman–Crippen MR) is 121 cm³/mol. The third kappa shape index (κ3) is 9.52. The highest BCUT2D eigenvalue weighted by atomic mass is 35.5. The van der Waals surface area contributed by atoms with Gasteiger partial charge in [0.1, 0.15) is 5.75 Å². The molecular weight excluding hydrogens is 393 g/mol. The molecule has 0 aliphatic rings. The van der Waals surface area contributed by atoms with Gasteiger partial charge in [0.25, 0.3) is 5.91 Å².